The second-order valence-electron chi connectivity index (χ2n) is 3.45. The van der Waals surface area contributed by atoms with Crippen molar-refractivity contribution < 1.29 is 18.6 Å². The molecule has 1 aromatic rings. The van der Waals surface area contributed by atoms with Gasteiger partial charge in [0.1, 0.15) is 5.75 Å². The van der Waals surface area contributed by atoms with E-state index >= 15 is 0 Å². The number of benzene rings is 1. The number of ether oxygens (including phenoxy) is 1. The first-order valence-electron chi connectivity index (χ1n) is 5.00. The number of aliphatic hydroxyl groups excluding tert-OH is 1. The van der Waals surface area contributed by atoms with Crippen molar-refractivity contribution in [3.8, 4) is 5.75 Å². The molecule has 0 aliphatic heterocycles. The zero-order chi connectivity index (χ0) is 12.0. The molecule has 0 bridgehead atoms. The maximum Gasteiger partial charge on any atom is 0.387 e. The Kier molecular flexibility index (Phi) is 5.14. The highest BCUT2D eigenvalue weighted by molar-refractivity contribution is 5.33. The highest BCUT2D eigenvalue weighted by atomic mass is 19.3. The second kappa shape index (κ2) is 6.40. The minimum absolute atomic E-state index is 0.00211. The molecule has 90 valence electrons. The normalized spacial score (nSPS) is 12.8. The van der Waals surface area contributed by atoms with E-state index < -0.39 is 6.61 Å². The number of para-hydroxylation sites is 1. The molecule has 0 aliphatic rings. The molecule has 0 saturated carbocycles. The lowest BCUT2D eigenvalue weighted by atomic mass is 10.2. The monoisotopic (exact) mass is 231 g/mol. The standard InChI is InChI=1S/C11H15F2NO2/c1-8(7-15)14-6-9-4-2-3-5-10(9)16-11(12)13/h2-5,8,11,14-15H,6-7H2,1H3. The van der Waals surface area contributed by atoms with Crippen molar-refractivity contribution in [3.05, 3.63) is 29.8 Å². The van der Waals surface area contributed by atoms with Gasteiger partial charge in [0.05, 0.1) is 6.61 Å². The van der Waals surface area contributed by atoms with Gasteiger partial charge in [0.15, 0.2) is 0 Å². The van der Waals surface area contributed by atoms with Gasteiger partial charge < -0.3 is 15.2 Å². The number of aliphatic hydroxyl groups is 1. The third-order valence-corrected chi connectivity index (χ3v) is 2.10. The molecule has 0 heterocycles. The van der Waals surface area contributed by atoms with Gasteiger partial charge >= 0.3 is 6.61 Å². The molecule has 1 rings (SSSR count). The summed E-state index contributed by atoms with van der Waals surface area (Å²) >= 11 is 0. The predicted molar refractivity (Wildman–Crippen MR) is 56.5 cm³/mol. The van der Waals surface area contributed by atoms with Crippen molar-refractivity contribution in [2.75, 3.05) is 6.61 Å². The van der Waals surface area contributed by atoms with Crippen LogP contribution in [0.4, 0.5) is 8.78 Å². The quantitative estimate of drug-likeness (QED) is 0.783. The Morgan fingerprint density at radius 3 is 2.69 bits per heavy atom. The van der Waals surface area contributed by atoms with E-state index in [1.54, 1.807) is 25.1 Å². The van der Waals surface area contributed by atoms with Gasteiger partial charge in [0.2, 0.25) is 0 Å². The van der Waals surface area contributed by atoms with Crippen molar-refractivity contribution in [2.24, 2.45) is 0 Å². The molecule has 5 heteroatoms. The zero-order valence-corrected chi connectivity index (χ0v) is 8.99. The molecule has 0 radical (unpaired) electrons. The van der Waals surface area contributed by atoms with Gasteiger partial charge in [-0.3, -0.25) is 0 Å². The van der Waals surface area contributed by atoms with Crippen molar-refractivity contribution in [2.45, 2.75) is 26.1 Å². The van der Waals surface area contributed by atoms with Crippen molar-refractivity contribution in [1.29, 1.82) is 0 Å². The van der Waals surface area contributed by atoms with Gasteiger partial charge in [-0.2, -0.15) is 8.78 Å². The number of halogens is 2. The fourth-order valence-corrected chi connectivity index (χ4v) is 1.21. The minimum atomic E-state index is -2.82. The molecule has 3 nitrogen and oxygen atoms in total. The average Bonchev–Trinajstić information content (AvgIpc) is 2.26. The Balaban J connectivity index is 2.63. The topological polar surface area (TPSA) is 41.5 Å². The van der Waals surface area contributed by atoms with E-state index in [1.807, 2.05) is 0 Å². The van der Waals surface area contributed by atoms with Crippen molar-refractivity contribution >= 4 is 0 Å². The van der Waals surface area contributed by atoms with Crippen LogP contribution in [0.5, 0.6) is 5.75 Å². The third kappa shape index (κ3) is 4.12. The highest BCUT2D eigenvalue weighted by Gasteiger charge is 2.09. The van der Waals surface area contributed by atoms with Crippen LogP contribution in [0.25, 0.3) is 0 Å². The van der Waals surface area contributed by atoms with Crippen LogP contribution in [-0.2, 0) is 6.54 Å². The largest absolute Gasteiger partial charge is 0.434 e. The summed E-state index contributed by atoms with van der Waals surface area (Å²) in [5.74, 6) is 0.162. The maximum atomic E-state index is 12.1. The van der Waals surface area contributed by atoms with Crippen LogP contribution < -0.4 is 10.1 Å². The molecular weight excluding hydrogens is 216 g/mol. The van der Waals surface area contributed by atoms with Gasteiger partial charge in [-0.15, -0.1) is 0 Å². The van der Waals surface area contributed by atoms with Crippen LogP contribution in [0, 0.1) is 0 Å². The summed E-state index contributed by atoms with van der Waals surface area (Å²) in [4.78, 5) is 0. The first kappa shape index (κ1) is 12.9. The van der Waals surface area contributed by atoms with Crippen molar-refractivity contribution in [3.63, 3.8) is 0 Å². The molecule has 1 atom stereocenters. The van der Waals surface area contributed by atoms with E-state index in [0.717, 1.165) is 0 Å². The molecular formula is C11H15F2NO2. The SMILES string of the molecule is CC(CO)NCc1ccccc1OC(F)F. The molecule has 0 amide bonds. The number of nitrogens with one attached hydrogen (secondary N) is 1. The number of hydrogen-bond acceptors (Lipinski definition) is 3. The molecule has 16 heavy (non-hydrogen) atoms. The van der Waals surface area contributed by atoms with E-state index in [1.165, 1.54) is 6.07 Å². The summed E-state index contributed by atoms with van der Waals surface area (Å²) < 4.78 is 28.5. The molecule has 0 aromatic heterocycles. The van der Waals surface area contributed by atoms with E-state index in [4.69, 9.17) is 5.11 Å². The molecule has 1 aromatic carbocycles. The smallest absolute Gasteiger partial charge is 0.387 e. The lowest BCUT2D eigenvalue weighted by molar-refractivity contribution is -0.0505. The maximum absolute atomic E-state index is 12.1. The number of hydrogen-bond donors (Lipinski definition) is 2. The van der Waals surface area contributed by atoms with Gasteiger partial charge in [0, 0.05) is 18.2 Å². The lowest BCUT2D eigenvalue weighted by Crippen LogP contribution is -2.28. The molecule has 2 N–H and O–H groups in total. The highest BCUT2D eigenvalue weighted by Crippen LogP contribution is 2.19. The summed E-state index contributed by atoms with van der Waals surface area (Å²) in [5, 5.41) is 11.8. The molecule has 0 fully saturated rings. The summed E-state index contributed by atoms with van der Waals surface area (Å²) in [6.07, 6.45) is 0. The summed E-state index contributed by atoms with van der Waals surface area (Å²) in [6, 6.07) is 6.50. The minimum Gasteiger partial charge on any atom is -0.434 e. The number of alkyl halides is 2. The Labute approximate surface area is 93.0 Å². The van der Waals surface area contributed by atoms with Crippen LogP contribution in [-0.4, -0.2) is 24.4 Å². The second-order valence-corrected chi connectivity index (χ2v) is 3.45. The van der Waals surface area contributed by atoms with Crippen molar-refractivity contribution in [1.82, 2.24) is 5.32 Å². The van der Waals surface area contributed by atoms with E-state index in [0.29, 0.717) is 12.1 Å². The Morgan fingerprint density at radius 2 is 2.06 bits per heavy atom. The van der Waals surface area contributed by atoms with E-state index in [2.05, 4.69) is 10.1 Å². The average molecular weight is 231 g/mol. The van der Waals surface area contributed by atoms with Gasteiger partial charge in [-0.05, 0) is 13.0 Å². The van der Waals surface area contributed by atoms with Gasteiger partial charge in [0.25, 0.3) is 0 Å². The molecule has 0 spiro atoms. The molecule has 0 aliphatic carbocycles. The molecule has 1 unspecified atom stereocenters. The van der Waals surface area contributed by atoms with Crippen LogP contribution in [0.15, 0.2) is 24.3 Å². The van der Waals surface area contributed by atoms with Crippen LogP contribution in [0.2, 0.25) is 0 Å². The van der Waals surface area contributed by atoms with E-state index in [9.17, 15) is 8.78 Å². The lowest BCUT2D eigenvalue weighted by Gasteiger charge is -2.14. The summed E-state index contributed by atoms with van der Waals surface area (Å²) in [5.41, 5.74) is 0.642. The van der Waals surface area contributed by atoms with Crippen LogP contribution >= 0.6 is 0 Å². The zero-order valence-electron chi connectivity index (χ0n) is 8.99. The van der Waals surface area contributed by atoms with Crippen LogP contribution in [0.1, 0.15) is 12.5 Å². The van der Waals surface area contributed by atoms with Gasteiger partial charge in [-0.25, -0.2) is 0 Å². The fourth-order valence-electron chi connectivity index (χ4n) is 1.21. The Hall–Kier alpha value is -1.20. The predicted octanol–water partition coefficient (Wildman–Crippen LogP) is 1.76. The first-order valence-corrected chi connectivity index (χ1v) is 5.00. The Morgan fingerprint density at radius 1 is 1.38 bits per heavy atom. The Bertz CT molecular complexity index is 321. The third-order valence-electron chi connectivity index (χ3n) is 2.10. The molecule has 0 saturated heterocycles. The fraction of sp³-hybridized carbons (Fsp3) is 0.455. The summed E-state index contributed by atoms with van der Waals surface area (Å²) in [6.45, 7) is -0.643. The number of rotatable bonds is 6. The summed E-state index contributed by atoms with van der Waals surface area (Å²) in [7, 11) is 0. The van der Waals surface area contributed by atoms with Gasteiger partial charge in [-0.1, -0.05) is 18.2 Å². The van der Waals surface area contributed by atoms with Crippen LogP contribution in [0.3, 0.4) is 0 Å². The first-order chi connectivity index (χ1) is 7.63. The van der Waals surface area contributed by atoms with E-state index in [-0.39, 0.29) is 18.4 Å².